The molecule has 0 aliphatic carbocycles. The molecule has 0 saturated carbocycles. The molecule has 0 amide bonds. The minimum atomic E-state index is -0.722. The van der Waals surface area contributed by atoms with Gasteiger partial charge in [-0.15, -0.1) is 0 Å². The van der Waals surface area contributed by atoms with Crippen LogP contribution >= 0.6 is 22.9 Å². The smallest absolute Gasteiger partial charge is 0.340 e. The first-order chi connectivity index (χ1) is 11.5. The molecule has 0 N–H and O–H groups in total. The number of hydrogen-bond acceptors (Lipinski definition) is 6. The fourth-order valence-corrected chi connectivity index (χ4v) is 3.09. The molecule has 0 saturated heterocycles. The Balaban J connectivity index is 1.80. The zero-order valence-electron chi connectivity index (χ0n) is 12.5. The Bertz CT molecular complexity index is 986. The number of esters is 1. The van der Waals surface area contributed by atoms with E-state index in [-0.39, 0.29) is 22.8 Å². The number of halogens is 2. The lowest BCUT2D eigenvalue weighted by Gasteiger charge is -2.06. The molecular formula is C15H11ClFN3O3S. The third-order valence-electron chi connectivity index (χ3n) is 3.14. The molecule has 1 aromatic carbocycles. The van der Waals surface area contributed by atoms with Gasteiger partial charge in [-0.3, -0.25) is 4.79 Å². The van der Waals surface area contributed by atoms with Crippen LogP contribution in [0.15, 0.2) is 29.1 Å². The predicted molar refractivity (Wildman–Crippen MR) is 87.0 cm³/mol. The second-order valence-electron chi connectivity index (χ2n) is 4.83. The van der Waals surface area contributed by atoms with Gasteiger partial charge in [0.1, 0.15) is 17.4 Å². The highest BCUT2D eigenvalue weighted by atomic mass is 35.5. The van der Waals surface area contributed by atoms with Gasteiger partial charge in [0.05, 0.1) is 16.3 Å². The number of carbonyl (C=O) groups excluding carboxylic acids is 1. The van der Waals surface area contributed by atoms with E-state index < -0.39 is 11.8 Å². The normalized spacial score (nSPS) is 11.0. The van der Waals surface area contributed by atoms with Crippen molar-refractivity contribution >= 4 is 33.9 Å². The fourth-order valence-electron chi connectivity index (χ4n) is 1.98. The molecule has 0 unspecified atom stereocenters. The summed E-state index contributed by atoms with van der Waals surface area (Å²) >= 11 is 7.11. The molecule has 3 rings (SSSR count). The molecule has 2 heterocycles. The van der Waals surface area contributed by atoms with Crippen molar-refractivity contribution in [2.24, 2.45) is 0 Å². The molecular weight excluding hydrogens is 357 g/mol. The van der Waals surface area contributed by atoms with Crippen LogP contribution in [-0.4, -0.2) is 20.6 Å². The quantitative estimate of drug-likeness (QED) is 0.663. The molecule has 3 aromatic rings. The van der Waals surface area contributed by atoms with Crippen molar-refractivity contribution in [3.05, 3.63) is 61.7 Å². The third-order valence-corrected chi connectivity index (χ3v) is 4.51. The molecule has 0 bridgehead atoms. The SMILES string of the molecule is CCc1nn2c(=O)cc(COC(=O)c3ccc(F)cc3Cl)nc2s1. The average Bonchev–Trinajstić information content (AvgIpc) is 2.96. The van der Waals surface area contributed by atoms with E-state index >= 15 is 0 Å². The minimum absolute atomic E-state index is 0.0430. The maximum absolute atomic E-state index is 13.0. The summed E-state index contributed by atoms with van der Waals surface area (Å²) < 4.78 is 19.3. The first-order valence-corrected chi connectivity index (χ1v) is 8.18. The van der Waals surface area contributed by atoms with Gasteiger partial charge in [0, 0.05) is 6.07 Å². The van der Waals surface area contributed by atoms with Crippen LogP contribution < -0.4 is 5.56 Å². The number of aromatic nitrogens is 3. The summed E-state index contributed by atoms with van der Waals surface area (Å²) in [4.78, 5) is 28.7. The van der Waals surface area contributed by atoms with Gasteiger partial charge in [0.25, 0.3) is 5.56 Å². The van der Waals surface area contributed by atoms with E-state index in [1.54, 1.807) is 0 Å². The van der Waals surface area contributed by atoms with Gasteiger partial charge in [-0.2, -0.15) is 9.61 Å². The van der Waals surface area contributed by atoms with Crippen molar-refractivity contribution in [1.29, 1.82) is 0 Å². The van der Waals surface area contributed by atoms with E-state index in [2.05, 4.69) is 10.1 Å². The van der Waals surface area contributed by atoms with Gasteiger partial charge in [-0.25, -0.2) is 14.2 Å². The van der Waals surface area contributed by atoms with Crippen LogP contribution in [0.25, 0.3) is 4.96 Å². The molecule has 9 heteroatoms. The Morgan fingerprint density at radius 1 is 1.42 bits per heavy atom. The fraction of sp³-hybridized carbons (Fsp3) is 0.200. The molecule has 0 aliphatic heterocycles. The number of nitrogens with zero attached hydrogens (tertiary/aromatic N) is 3. The second kappa shape index (κ2) is 6.66. The topological polar surface area (TPSA) is 73.6 Å². The van der Waals surface area contributed by atoms with Crippen molar-refractivity contribution in [1.82, 2.24) is 14.6 Å². The van der Waals surface area contributed by atoms with Crippen LogP contribution in [0.5, 0.6) is 0 Å². The maximum Gasteiger partial charge on any atom is 0.340 e. The van der Waals surface area contributed by atoms with E-state index in [0.717, 1.165) is 17.1 Å². The minimum Gasteiger partial charge on any atom is -0.456 e. The molecule has 24 heavy (non-hydrogen) atoms. The van der Waals surface area contributed by atoms with E-state index in [0.29, 0.717) is 17.1 Å². The highest BCUT2D eigenvalue weighted by molar-refractivity contribution is 7.16. The van der Waals surface area contributed by atoms with Crippen molar-refractivity contribution < 1.29 is 13.9 Å². The van der Waals surface area contributed by atoms with E-state index in [1.807, 2.05) is 6.92 Å². The lowest BCUT2D eigenvalue weighted by molar-refractivity contribution is 0.0468. The average molecular weight is 368 g/mol. The molecule has 0 fully saturated rings. The first-order valence-electron chi connectivity index (χ1n) is 6.98. The van der Waals surface area contributed by atoms with Crippen molar-refractivity contribution in [2.45, 2.75) is 20.0 Å². The predicted octanol–water partition coefficient (Wildman–Crippen LogP) is 2.86. The zero-order valence-corrected chi connectivity index (χ0v) is 14.0. The van der Waals surface area contributed by atoms with Gasteiger partial charge < -0.3 is 4.74 Å². The van der Waals surface area contributed by atoms with Gasteiger partial charge in [-0.1, -0.05) is 29.9 Å². The number of hydrogen-bond donors (Lipinski definition) is 0. The molecule has 2 aromatic heterocycles. The third kappa shape index (κ3) is 3.29. The molecule has 0 spiro atoms. The van der Waals surface area contributed by atoms with Crippen molar-refractivity contribution in [3.63, 3.8) is 0 Å². The van der Waals surface area contributed by atoms with Crippen molar-refractivity contribution in [3.8, 4) is 0 Å². The Morgan fingerprint density at radius 3 is 2.92 bits per heavy atom. The summed E-state index contributed by atoms with van der Waals surface area (Å²) in [5.41, 5.74) is 0.00151. The van der Waals surface area contributed by atoms with E-state index in [1.165, 1.54) is 28.0 Å². The van der Waals surface area contributed by atoms with Crippen LogP contribution in [0, 0.1) is 5.82 Å². The van der Waals surface area contributed by atoms with Gasteiger partial charge in [0.2, 0.25) is 4.96 Å². The summed E-state index contributed by atoms with van der Waals surface area (Å²) in [6, 6.07) is 4.63. The highest BCUT2D eigenvalue weighted by Crippen LogP contribution is 2.19. The lowest BCUT2D eigenvalue weighted by Crippen LogP contribution is -2.16. The van der Waals surface area contributed by atoms with Gasteiger partial charge >= 0.3 is 5.97 Å². The molecule has 6 nitrogen and oxygen atoms in total. The lowest BCUT2D eigenvalue weighted by atomic mass is 10.2. The second-order valence-corrected chi connectivity index (χ2v) is 6.28. The summed E-state index contributed by atoms with van der Waals surface area (Å²) in [6.07, 6.45) is 0.695. The molecule has 0 radical (unpaired) electrons. The van der Waals surface area contributed by atoms with Gasteiger partial charge in [-0.05, 0) is 24.6 Å². The summed E-state index contributed by atoms with van der Waals surface area (Å²) in [7, 11) is 0. The summed E-state index contributed by atoms with van der Waals surface area (Å²) in [6.45, 7) is 1.73. The molecule has 124 valence electrons. The summed E-state index contributed by atoms with van der Waals surface area (Å²) in [5, 5.41) is 4.88. The van der Waals surface area contributed by atoms with Crippen LogP contribution in [0.4, 0.5) is 4.39 Å². The Hall–Kier alpha value is -2.32. The van der Waals surface area contributed by atoms with E-state index in [9.17, 15) is 14.0 Å². The standard InChI is InChI=1S/C15H11ClFN3O3S/c1-2-12-19-20-13(21)6-9(18-15(20)24-12)7-23-14(22)10-4-3-8(17)5-11(10)16/h3-6H,2,7H2,1H3. The first kappa shape index (κ1) is 16.5. The number of ether oxygens (including phenoxy) is 1. The van der Waals surface area contributed by atoms with Crippen LogP contribution in [0.2, 0.25) is 5.02 Å². The summed E-state index contributed by atoms with van der Waals surface area (Å²) in [5.74, 6) is -1.27. The highest BCUT2D eigenvalue weighted by Gasteiger charge is 2.14. The van der Waals surface area contributed by atoms with Gasteiger partial charge in [0.15, 0.2) is 0 Å². The number of benzene rings is 1. The van der Waals surface area contributed by atoms with Crippen molar-refractivity contribution in [2.75, 3.05) is 0 Å². The monoisotopic (exact) mass is 367 g/mol. The molecule has 0 aliphatic rings. The Labute approximate surface area is 144 Å². The largest absolute Gasteiger partial charge is 0.456 e. The maximum atomic E-state index is 13.0. The van der Waals surface area contributed by atoms with Crippen LogP contribution in [0.3, 0.4) is 0 Å². The molecule has 0 atom stereocenters. The Kier molecular flexibility index (Phi) is 4.59. The number of fused-ring (bicyclic) bond motifs is 1. The Morgan fingerprint density at radius 2 is 2.21 bits per heavy atom. The number of carbonyl (C=O) groups is 1. The number of rotatable bonds is 4. The van der Waals surface area contributed by atoms with Crippen LogP contribution in [0.1, 0.15) is 28.0 Å². The zero-order chi connectivity index (χ0) is 17.3. The van der Waals surface area contributed by atoms with E-state index in [4.69, 9.17) is 16.3 Å². The number of aryl methyl sites for hydroxylation is 1. The van der Waals surface area contributed by atoms with Crippen LogP contribution in [-0.2, 0) is 17.8 Å².